The number of likely N-dealkylation sites (tertiary alicyclic amines) is 1. The zero-order valence-electron chi connectivity index (χ0n) is 11.0. The molecule has 0 aromatic carbocycles. The van der Waals surface area contributed by atoms with Crippen LogP contribution < -0.4 is 5.32 Å². The number of hydrogen-bond donors (Lipinski definition) is 1. The molecule has 17 heavy (non-hydrogen) atoms. The third-order valence-corrected chi connectivity index (χ3v) is 3.23. The highest BCUT2D eigenvalue weighted by molar-refractivity contribution is 5.80. The van der Waals surface area contributed by atoms with Crippen LogP contribution in [0.4, 0.5) is 0 Å². The Labute approximate surface area is 104 Å². The van der Waals surface area contributed by atoms with Crippen molar-refractivity contribution in [3.63, 3.8) is 0 Å². The van der Waals surface area contributed by atoms with E-state index in [4.69, 9.17) is 0 Å². The molecule has 1 fully saturated rings. The van der Waals surface area contributed by atoms with Crippen LogP contribution in [0.5, 0.6) is 0 Å². The van der Waals surface area contributed by atoms with Crippen LogP contribution in [0.2, 0.25) is 0 Å². The van der Waals surface area contributed by atoms with Crippen LogP contribution in [0.25, 0.3) is 0 Å². The maximum Gasteiger partial charge on any atom is 0.223 e. The van der Waals surface area contributed by atoms with E-state index in [2.05, 4.69) is 5.32 Å². The number of rotatable bonds is 5. The van der Waals surface area contributed by atoms with Crippen LogP contribution >= 0.6 is 0 Å². The van der Waals surface area contributed by atoms with Crippen molar-refractivity contribution >= 4 is 11.8 Å². The van der Waals surface area contributed by atoms with Gasteiger partial charge < -0.3 is 10.2 Å². The summed E-state index contributed by atoms with van der Waals surface area (Å²) in [5.41, 5.74) is 0. The van der Waals surface area contributed by atoms with Gasteiger partial charge in [-0.3, -0.25) is 9.59 Å². The summed E-state index contributed by atoms with van der Waals surface area (Å²) in [7, 11) is 0. The molecule has 0 saturated carbocycles. The molecule has 0 atom stereocenters. The third kappa shape index (κ3) is 4.36. The fourth-order valence-electron chi connectivity index (χ4n) is 2.16. The van der Waals surface area contributed by atoms with Gasteiger partial charge in [-0.25, -0.2) is 0 Å². The number of carbonyl (C=O) groups is 2. The summed E-state index contributed by atoms with van der Waals surface area (Å²) in [6, 6.07) is 0. The monoisotopic (exact) mass is 240 g/mol. The molecule has 4 heteroatoms. The van der Waals surface area contributed by atoms with E-state index in [1.807, 2.05) is 18.7 Å². The van der Waals surface area contributed by atoms with E-state index in [0.717, 1.165) is 45.3 Å². The molecule has 98 valence electrons. The summed E-state index contributed by atoms with van der Waals surface area (Å²) in [5, 5.41) is 2.93. The third-order valence-electron chi connectivity index (χ3n) is 3.23. The van der Waals surface area contributed by atoms with Gasteiger partial charge in [-0.05, 0) is 25.7 Å². The summed E-state index contributed by atoms with van der Waals surface area (Å²) < 4.78 is 0. The Hall–Kier alpha value is -1.06. The van der Waals surface area contributed by atoms with Gasteiger partial charge in [0.25, 0.3) is 0 Å². The van der Waals surface area contributed by atoms with Crippen LogP contribution in [0.1, 0.15) is 46.0 Å². The zero-order chi connectivity index (χ0) is 12.7. The second-order valence-corrected chi connectivity index (χ2v) is 4.70. The maximum atomic E-state index is 11.7. The Bertz CT molecular complexity index is 258. The first-order chi connectivity index (χ1) is 8.19. The van der Waals surface area contributed by atoms with Gasteiger partial charge in [0.05, 0.1) is 0 Å². The Morgan fingerprint density at radius 1 is 1.18 bits per heavy atom. The molecule has 1 aliphatic heterocycles. The standard InChI is InChI=1S/C13H24N2O2/c1-3-5-12(16)15-9-6-11(7-10-15)13(17)14-8-4-2/h11H,3-10H2,1-2H3,(H,14,17). The lowest BCUT2D eigenvalue weighted by Crippen LogP contribution is -2.43. The van der Waals surface area contributed by atoms with Crippen LogP contribution in [-0.2, 0) is 9.59 Å². The topological polar surface area (TPSA) is 49.4 Å². The molecule has 0 radical (unpaired) electrons. The Kier molecular flexibility index (Phi) is 6.01. The van der Waals surface area contributed by atoms with Crippen LogP contribution in [0.15, 0.2) is 0 Å². The van der Waals surface area contributed by atoms with E-state index >= 15 is 0 Å². The fraction of sp³-hybridized carbons (Fsp3) is 0.846. The largest absolute Gasteiger partial charge is 0.356 e. The Balaban J connectivity index is 2.30. The average Bonchev–Trinajstić information content (AvgIpc) is 2.36. The number of hydrogen-bond acceptors (Lipinski definition) is 2. The Morgan fingerprint density at radius 2 is 1.82 bits per heavy atom. The summed E-state index contributed by atoms with van der Waals surface area (Å²) in [6.45, 7) is 6.30. The van der Waals surface area contributed by atoms with Gasteiger partial charge in [0, 0.05) is 32.0 Å². The molecule has 1 heterocycles. The molecule has 0 unspecified atom stereocenters. The number of nitrogens with one attached hydrogen (secondary N) is 1. The SMILES string of the molecule is CCCNC(=O)C1CCN(C(=O)CCC)CC1. The van der Waals surface area contributed by atoms with Gasteiger partial charge in [-0.15, -0.1) is 0 Å². The summed E-state index contributed by atoms with van der Waals surface area (Å²) in [5.74, 6) is 0.501. The van der Waals surface area contributed by atoms with Gasteiger partial charge in [-0.1, -0.05) is 13.8 Å². The predicted octanol–water partition coefficient (Wildman–Crippen LogP) is 1.55. The van der Waals surface area contributed by atoms with E-state index in [1.54, 1.807) is 0 Å². The fourth-order valence-corrected chi connectivity index (χ4v) is 2.16. The second kappa shape index (κ2) is 7.30. The molecule has 0 aromatic heterocycles. The van der Waals surface area contributed by atoms with E-state index in [9.17, 15) is 9.59 Å². The van der Waals surface area contributed by atoms with Crippen molar-refractivity contribution in [2.45, 2.75) is 46.0 Å². The van der Waals surface area contributed by atoms with Crippen LogP contribution in [-0.4, -0.2) is 36.3 Å². The lowest BCUT2D eigenvalue weighted by molar-refractivity contribution is -0.135. The lowest BCUT2D eigenvalue weighted by Gasteiger charge is -2.31. The molecule has 1 aliphatic rings. The van der Waals surface area contributed by atoms with Gasteiger partial charge >= 0.3 is 0 Å². The normalized spacial score (nSPS) is 16.9. The molecule has 0 bridgehead atoms. The minimum atomic E-state index is 0.104. The van der Waals surface area contributed by atoms with Crippen molar-refractivity contribution in [2.24, 2.45) is 5.92 Å². The average molecular weight is 240 g/mol. The van der Waals surface area contributed by atoms with Crippen LogP contribution in [0, 0.1) is 5.92 Å². The Morgan fingerprint density at radius 3 is 2.35 bits per heavy atom. The highest BCUT2D eigenvalue weighted by Gasteiger charge is 2.26. The first-order valence-electron chi connectivity index (χ1n) is 6.74. The molecular formula is C13H24N2O2. The lowest BCUT2D eigenvalue weighted by atomic mass is 9.95. The molecule has 4 nitrogen and oxygen atoms in total. The van der Waals surface area contributed by atoms with Gasteiger partial charge in [-0.2, -0.15) is 0 Å². The second-order valence-electron chi connectivity index (χ2n) is 4.70. The molecule has 0 aliphatic carbocycles. The minimum absolute atomic E-state index is 0.104. The van der Waals surface area contributed by atoms with E-state index < -0.39 is 0 Å². The van der Waals surface area contributed by atoms with E-state index in [-0.39, 0.29) is 17.7 Å². The highest BCUT2D eigenvalue weighted by atomic mass is 16.2. The molecule has 1 N–H and O–H groups in total. The molecule has 1 saturated heterocycles. The van der Waals surface area contributed by atoms with E-state index in [0.29, 0.717) is 6.42 Å². The highest BCUT2D eigenvalue weighted by Crippen LogP contribution is 2.18. The zero-order valence-corrected chi connectivity index (χ0v) is 11.0. The number of carbonyl (C=O) groups excluding carboxylic acids is 2. The molecule has 0 aromatic rings. The van der Waals surface area contributed by atoms with Gasteiger partial charge in [0.2, 0.25) is 11.8 Å². The smallest absolute Gasteiger partial charge is 0.223 e. The molecular weight excluding hydrogens is 216 g/mol. The first kappa shape index (κ1) is 14.0. The number of piperidine rings is 1. The summed E-state index contributed by atoms with van der Waals surface area (Å²) in [6.07, 6.45) is 4.12. The quantitative estimate of drug-likeness (QED) is 0.792. The molecule has 0 spiro atoms. The van der Waals surface area contributed by atoms with Crippen molar-refractivity contribution in [1.29, 1.82) is 0 Å². The van der Waals surface area contributed by atoms with E-state index in [1.165, 1.54) is 0 Å². The number of nitrogens with zero attached hydrogens (tertiary/aromatic N) is 1. The van der Waals surface area contributed by atoms with Gasteiger partial charge in [0.15, 0.2) is 0 Å². The maximum absolute atomic E-state index is 11.7. The van der Waals surface area contributed by atoms with Crippen molar-refractivity contribution in [3.05, 3.63) is 0 Å². The van der Waals surface area contributed by atoms with Crippen molar-refractivity contribution in [1.82, 2.24) is 10.2 Å². The minimum Gasteiger partial charge on any atom is -0.356 e. The molecule has 2 amide bonds. The number of amides is 2. The molecule has 1 rings (SSSR count). The summed E-state index contributed by atoms with van der Waals surface area (Å²) in [4.78, 5) is 25.3. The first-order valence-corrected chi connectivity index (χ1v) is 6.74. The predicted molar refractivity (Wildman–Crippen MR) is 67.5 cm³/mol. The van der Waals surface area contributed by atoms with Crippen molar-refractivity contribution in [2.75, 3.05) is 19.6 Å². The van der Waals surface area contributed by atoms with Crippen molar-refractivity contribution in [3.8, 4) is 0 Å². The summed E-state index contributed by atoms with van der Waals surface area (Å²) >= 11 is 0. The van der Waals surface area contributed by atoms with Gasteiger partial charge in [0.1, 0.15) is 0 Å². The van der Waals surface area contributed by atoms with Crippen molar-refractivity contribution < 1.29 is 9.59 Å². The van der Waals surface area contributed by atoms with Crippen LogP contribution in [0.3, 0.4) is 0 Å².